The average Bonchev–Trinajstić information content (AvgIpc) is 2.76. The minimum absolute atomic E-state index is 0.0291. The van der Waals surface area contributed by atoms with E-state index in [4.69, 9.17) is 0 Å². The largest absolute Gasteiger partial charge is 0.385 e. The topological polar surface area (TPSA) is 37.3 Å². The van der Waals surface area contributed by atoms with Crippen molar-refractivity contribution in [1.29, 1.82) is 0 Å². The van der Waals surface area contributed by atoms with Crippen molar-refractivity contribution in [2.75, 3.05) is 0 Å². The molecule has 0 heterocycles. The monoisotopic (exact) mass is 304 g/mol. The van der Waals surface area contributed by atoms with Gasteiger partial charge in [-0.2, -0.15) is 0 Å². The van der Waals surface area contributed by atoms with Crippen LogP contribution in [0, 0.1) is 34.5 Å². The van der Waals surface area contributed by atoms with E-state index in [0.29, 0.717) is 29.6 Å². The van der Waals surface area contributed by atoms with Crippen molar-refractivity contribution in [3.63, 3.8) is 0 Å². The standard InChI is InChI=1S/C20H32O2/c1-12(2)14-6-7-19(4)8-9-20(5)15(17(14)19)10-13(3)11-16(21)18(20)22/h10,12,14-15,17-18,22H,6-9,11H2,1-5H3/t14-,15-,17-,18+,19-,20-/m1/s1. The molecule has 0 saturated heterocycles. The maximum Gasteiger partial charge on any atom is 0.165 e. The van der Waals surface area contributed by atoms with Crippen LogP contribution < -0.4 is 0 Å². The maximum atomic E-state index is 12.4. The number of rotatable bonds is 1. The van der Waals surface area contributed by atoms with Crippen LogP contribution in [0.5, 0.6) is 0 Å². The van der Waals surface area contributed by atoms with Gasteiger partial charge in [0.1, 0.15) is 6.10 Å². The first kappa shape index (κ1) is 16.2. The normalized spacial score (nSPS) is 48.7. The first-order valence-electron chi connectivity index (χ1n) is 9.07. The zero-order valence-electron chi connectivity index (χ0n) is 14.9. The molecule has 0 spiro atoms. The molecular weight excluding hydrogens is 272 g/mol. The van der Waals surface area contributed by atoms with Gasteiger partial charge in [0.25, 0.3) is 0 Å². The summed E-state index contributed by atoms with van der Waals surface area (Å²) in [5, 5.41) is 10.8. The quantitative estimate of drug-likeness (QED) is 0.730. The highest BCUT2D eigenvalue weighted by molar-refractivity contribution is 5.86. The second-order valence-corrected chi connectivity index (χ2v) is 9.22. The van der Waals surface area contributed by atoms with Crippen molar-refractivity contribution in [2.45, 2.75) is 72.8 Å². The van der Waals surface area contributed by atoms with E-state index in [9.17, 15) is 9.90 Å². The third-order valence-electron chi connectivity index (χ3n) is 7.40. The van der Waals surface area contributed by atoms with E-state index in [0.717, 1.165) is 24.3 Å². The van der Waals surface area contributed by atoms with Gasteiger partial charge < -0.3 is 5.11 Å². The van der Waals surface area contributed by atoms with E-state index < -0.39 is 6.10 Å². The van der Waals surface area contributed by atoms with Gasteiger partial charge >= 0.3 is 0 Å². The molecule has 0 radical (unpaired) electrons. The second-order valence-electron chi connectivity index (χ2n) is 9.22. The van der Waals surface area contributed by atoms with E-state index in [-0.39, 0.29) is 11.2 Å². The Balaban J connectivity index is 2.08. The summed E-state index contributed by atoms with van der Waals surface area (Å²) >= 11 is 0. The van der Waals surface area contributed by atoms with Crippen molar-refractivity contribution in [3.05, 3.63) is 11.6 Å². The smallest absolute Gasteiger partial charge is 0.165 e. The number of carbonyl (C=O) groups excluding carboxylic acids is 1. The molecule has 3 aliphatic rings. The van der Waals surface area contributed by atoms with Gasteiger partial charge in [0.2, 0.25) is 0 Å². The summed E-state index contributed by atoms with van der Waals surface area (Å²) < 4.78 is 0. The number of allylic oxidation sites excluding steroid dienone is 2. The number of fused-ring (bicyclic) bond motifs is 3. The van der Waals surface area contributed by atoms with Crippen LogP contribution in [0.25, 0.3) is 0 Å². The Labute approximate surface area is 135 Å². The summed E-state index contributed by atoms with van der Waals surface area (Å²) in [4.78, 5) is 12.4. The van der Waals surface area contributed by atoms with Crippen molar-refractivity contribution < 1.29 is 9.90 Å². The van der Waals surface area contributed by atoms with Gasteiger partial charge in [-0.05, 0) is 61.7 Å². The summed E-state index contributed by atoms with van der Waals surface area (Å²) in [5.41, 5.74) is 1.29. The molecular formula is C20H32O2. The van der Waals surface area contributed by atoms with Gasteiger partial charge in [0.05, 0.1) is 0 Å². The molecule has 3 rings (SSSR count). The molecule has 6 atom stereocenters. The van der Waals surface area contributed by atoms with Crippen molar-refractivity contribution >= 4 is 5.78 Å². The van der Waals surface area contributed by atoms with Crippen molar-refractivity contribution in [2.24, 2.45) is 34.5 Å². The number of Topliss-reactive ketones (excluding diaryl/α,β-unsaturated/α-hetero) is 1. The van der Waals surface area contributed by atoms with Crippen LogP contribution >= 0.6 is 0 Å². The fraction of sp³-hybridized carbons (Fsp3) is 0.850. The molecule has 0 bridgehead atoms. The number of carbonyl (C=O) groups is 1. The maximum absolute atomic E-state index is 12.4. The third kappa shape index (κ3) is 2.21. The Morgan fingerprint density at radius 2 is 1.91 bits per heavy atom. The third-order valence-corrected chi connectivity index (χ3v) is 7.40. The van der Waals surface area contributed by atoms with Crippen LogP contribution in [-0.2, 0) is 4.79 Å². The molecule has 0 aromatic carbocycles. The lowest BCUT2D eigenvalue weighted by Gasteiger charge is -2.54. The average molecular weight is 304 g/mol. The van der Waals surface area contributed by atoms with Crippen LogP contribution in [0.15, 0.2) is 11.6 Å². The van der Waals surface area contributed by atoms with Crippen LogP contribution in [-0.4, -0.2) is 17.0 Å². The molecule has 0 unspecified atom stereocenters. The van der Waals surface area contributed by atoms with Crippen LogP contribution in [0.3, 0.4) is 0 Å². The molecule has 2 saturated carbocycles. The summed E-state index contributed by atoms with van der Waals surface area (Å²) in [7, 11) is 0. The molecule has 0 amide bonds. The molecule has 2 nitrogen and oxygen atoms in total. The molecule has 124 valence electrons. The highest BCUT2D eigenvalue weighted by atomic mass is 16.3. The number of ketones is 1. The summed E-state index contributed by atoms with van der Waals surface area (Å²) in [6.07, 6.45) is 6.77. The first-order chi connectivity index (χ1) is 10.2. The number of aliphatic hydroxyl groups is 1. The van der Waals surface area contributed by atoms with Gasteiger partial charge in [-0.15, -0.1) is 0 Å². The van der Waals surface area contributed by atoms with Gasteiger partial charge in [0.15, 0.2) is 5.78 Å². The highest BCUT2D eigenvalue weighted by Crippen LogP contribution is 2.64. The first-order valence-corrected chi connectivity index (χ1v) is 9.07. The van der Waals surface area contributed by atoms with Gasteiger partial charge in [0, 0.05) is 11.8 Å². The van der Waals surface area contributed by atoms with E-state index in [1.54, 1.807) is 0 Å². The number of aliphatic hydroxyl groups excluding tert-OH is 1. The van der Waals surface area contributed by atoms with Crippen LogP contribution in [0.1, 0.15) is 66.7 Å². The van der Waals surface area contributed by atoms with E-state index in [1.807, 2.05) is 0 Å². The number of hydrogen-bond acceptors (Lipinski definition) is 2. The SMILES string of the molecule is CC1=C[C@@H]2[C@H]3[C@@H](C(C)C)CC[C@]3(C)CC[C@@]2(C)[C@@H](O)C(=O)C1. The van der Waals surface area contributed by atoms with Crippen molar-refractivity contribution in [1.82, 2.24) is 0 Å². The van der Waals surface area contributed by atoms with Gasteiger partial charge in [-0.1, -0.05) is 39.3 Å². The lowest BCUT2D eigenvalue weighted by molar-refractivity contribution is -0.142. The molecule has 0 aromatic heterocycles. The van der Waals surface area contributed by atoms with Gasteiger partial charge in [-0.3, -0.25) is 4.79 Å². The van der Waals surface area contributed by atoms with Crippen molar-refractivity contribution in [3.8, 4) is 0 Å². The zero-order chi connectivity index (χ0) is 16.3. The molecule has 2 heteroatoms. The summed E-state index contributed by atoms with van der Waals surface area (Å²) in [5.74, 6) is 2.39. The fourth-order valence-corrected chi connectivity index (χ4v) is 5.95. The van der Waals surface area contributed by atoms with Crippen LogP contribution in [0.4, 0.5) is 0 Å². The predicted octanol–water partition coefficient (Wildman–Crippen LogP) is 4.37. The molecule has 0 aliphatic heterocycles. The Morgan fingerprint density at radius 3 is 2.55 bits per heavy atom. The van der Waals surface area contributed by atoms with Gasteiger partial charge in [-0.25, -0.2) is 0 Å². The highest BCUT2D eigenvalue weighted by Gasteiger charge is 2.59. The van der Waals surface area contributed by atoms with E-state index in [1.165, 1.54) is 12.8 Å². The Kier molecular flexibility index (Phi) is 3.83. The molecule has 2 fully saturated rings. The molecule has 0 aromatic rings. The number of hydrogen-bond donors (Lipinski definition) is 1. The van der Waals surface area contributed by atoms with E-state index in [2.05, 4.69) is 40.7 Å². The lowest BCUT2D eigenvalue weighted by Crippen LogP contribution is -2.52. The molecule has 1 N–H and O–H groups in total. The van der Waals surface area contributed by atoms with E-state index >= 15 is 0 Å². The second kappa shape index (κ2) is 5.19. The molecule has 22 heavy (non-hydrogen) atoms. The Bertz CT molecular complexity index is 506. The summed E-state index contributed by atoms with van der Waals surface area (Å²) in [6.45, 7) is 11.4. The Morgan fingerprint density at radius 1 is 1.23 bits per heavy atom. The van der Waals surface area contributed by atoms with Crippen LogP contribution in [0.2, 0.25) is 0 Å². The zero-order valence-corrected chi connectivity index (χ0v) is 14.9. The molecule has 3 aliphatic carbocycles. The summed E-state index contributed by atoms with van der Waals surface area (Å²) in [6, 6.07) is 0. The Hall–Kier alpha value is -0.630. The lowest BCUT2D eigenvalue weighted by atomic mass is 9.51. The minimum Gasteiger partial charge on any atom is -0.385 e. The predicted molar refractivity (Wildman–Crippen MR) is 89.4 cm³/mol. The fourth-order valence-electron chi connectivity index (χ4n) is 5.95. The minimum atomic E-state index is -0.788.